The number of benzene rings is 2. The van der Waals surface area contributed by atoms with Gasteiger partial charge in [-0.1, -0.05) is 29.8 Å². The summed E-state index contributed by atoms with van der Waals surface area (Å²) >= 11 is 6.33. The quantitative estimate of drug-likeness (QED) is 0.739. The second kappa shape index (κ2) is 4.90. The number of aliphatic carboxylic acids is 1. The maximum absolute atomic E-state index is 12.6. The number of nitrogens with zero attached hydrogens (tertiary/aromatic N) is 1. The number of aryl methyl sites for hydroxylation is 1. The first kappa shape index (κ1) is 13.6. The highest BCUT2D eigenvalue weighted by Gasteiger charge is 2.15. The lowest BCUT2D eigenvalue weighted by Gasteiger charge is -2.15. The maximum Gasteiger partial charge on any atom is 0.323 e. The van der Waals surface area contributed by atoms with Crippen LogP contribution >= 0.6 is 11.6 Å². The highest BCUT2D eigenvalue weighted by atomic mass is 35.5. The Morgan fingerprint density at radius 3 is 2.62 bits per heavy atom. The standard InChI is InChI=1S/C16H12ClNO3/c1-9-6-7-11-15(14(9)17)18(8-13(19)20)12-5-3-2-4-10(12)16(11)21/h2-7H,8H2,1H3,(H,19,20). The van der Waals surface area contributed by atoms with E-state index in [1.807, 2.05) is 6.92 Å². The number of carboxylic acid groups (broad SMARTS) is 1. The number of hydrogen-bond acceptors (Lipinski definition) is 2. The topological polar surface area (TPSA) is 59.3 Å². The molecular formula is C16H12ClNO3. The summed E-state index contributed by atoms with van der Waals surface area (Å²) in [6.07, 6.45) is 0. The number of fused-ring (bicyclic) bond motifs is 2. The predicted octanol–water partition coefficient (Wildman–Crippen LogP) is 3.20. The number of aromatic nitrogens is 1. The molecular weight excluding hydrogens is 290 g/mol. The highest BCUT2D eigenvalue weighted by Crippen LogP contribution is 2.28. The third-order valence-corrected chi connectivity index (χ3v) is 4.03. The first-order valence-electron chi connectivity index (χ1n) is 6.43. The minimum atomic E-state index is -0.984. The van der Waals surface area contributed by atoms with E-state index < -0.39 is 5.97 Å². The molecule has 0 aliphatic rings. The molecule has 3 aromatic rings. The smallest absolute Gasteiger partial charge is 0.323 e. The molecule has 0 saturated carbocycles. The summed E-state index contributed by atoms with van der Waals surface area (Å²) in [5, 5.41) is 10.5. The molecule has 0 atom stereocenters. The molecule has 0 saturated heterocycles. The Balaban J connectivity index is 2.63. The molecule has 1 heterocycles. The van der Waals surface area contributed by atoms with Crippen LogP contribution in [0.5, 0.6) is 0 Å². The molecule has 0 bridgehead atoms. The number of pyridine rings is 1. The van der Waals surface area contributed by atoms with Crippen LogP contribution in [0.3, 0.4) is 0 Å². The van der Waals surface area contributed by atoms with E-state index >= 15 is 0 Å². The third-order valence-electron chi connectivity index (χ3n) is 3.56. The van der Waals surface area contributed by atoms with Crippen LogP contribution in [0, 0.1) is 6.92 Å². The lowest BCUT2D eigenvalue weighted by atomic mass is 10.1. The molecule has 3 rings (SSSR count). The average molecular weight is 302 g/mol. The number of para-hydroxylation sites is 1. The zero-order valence-electron chi connectivity index (χ0n) is 11.3. The SMILES string of the molecule is Cc1ccc2c(=O)c3ccccc3n(CC(=O)O)c2c1Cl. The van der Waals surface area contributed by atoms with Crippen LogP contribution < -0.4 is 5.43 Å². The van der Waals surface area contributed by atoms with Gasteiger partial charge in [0, 0.05) is 10.8 Å². The summed E-state index contributed by atoms with van der Waals surface area (Å²) in [6, 6.07) is 10.4. The van der Waals surface area contributed by atoms with Crippen molar-refractivity contribution in [2.75, 3.05) is 0 Å². The number of carboxylic acids is 1. The molecule has 1 N–H and O–H groups in total. The normalized spacial score (nSPS) is 11.1. The van der Waals surface area contributed by atoms with Crippen LogP contribution in [-0.4, -0.2) is 15.6 Å². The molecule has 0 spiro atoms. The number of hydrogen-bond donors (Lipinski definition) is 1. The molecule has 106 valence electrons. The van der Waals surface area contributed by atoms with Gasteiger partial charge in [-0.15, -0.1) is 0 Å². The zero-order valence-corrected chi connectivity index (χ0v) is 12.0. The van der Waals surface area contributed by atoms with Gasteiger partial charge in [-0.2, -0.15) is 0 Å². The molecule has 0 amide bonds. The van der Waals surface area contributed by atoms with Gasteiger partial charge in [0.15, 0.2) is 5.43 Å². The van der Waals surface area contributed by atoms with Crippen LogP contribution in [0.25, 0.3) is 21.8 Å². The lowest BCUT2D eigenvalue weighted by Crippen LogP contribution is -2.16. The molecule has 1 aromatic heterocycles. The van der Waals surface area contributed by atoms with Gasteiger partial charge in [-0.25, -0.2) is 0 Å². The van der Waals surface area contributed by atoms with Crippen molar-refractivity contribution in [3.05, 3.63) is 57.2 Å². The van der Waals surface area contributed by atoms with E-state index in [9.17, 15) is 14.7 Å². The summed E-state index contributed by atoms with van der Waals surface area (Å²) in [7, 11) is 0. The molecule has 0 unspecified atom stereocenters. The van der Waals surface area contributed by atoms with Crippen molar-refractivity contribution >= 4 is 39.4 Å². The second-order valence-electron chi connectivity index (χ2n) is 4.92. The van der Waals surface area contributed by atoms with Crippen LogP contribution in [-0.2, 0) is 11.3 Å². The van der Waals surface area contributed by atoms with Gasteiger partial charge in [0.05, 0.1) is 16.1 Å². The molecule has 2 aromatic carbocycles. The van der Waals surface area contributed by atoms with Crippen molar-refractivity contribution in [2.24, 2.45) is 0 Å². The second-order valence-corrected chi connectivity index (χ2v) is 5.30. The van der Waals surface area contributed by atoms with Crippen molar-refractivity contribution in [3.8, 4) is 0 Å². The summed E-state index contributed by atoms with van der Waals surface area (Å²) in [5.74, 6) is -0.984. The van der Waals surface area contributed by atoms with E-state index in [4.69, 9.17) is 11.6 Å². The Morgan fingerprint density at radius 1 is 1.19 bits per heavy atom. The van der Waals surface area contributed by atoms with E-state index in [-0.39, 0.29) is 12.0 Å². The summed E-state index contributed by atoms with van der Waals surface area (Å²) in [4.78, 5) is 23.8. The first-order chi connectivity index (χ1) is 10.0. The van der Waals surface area contributed by atoms with Crippen LogP contribution in [0.2, 0.25) is 5.02 Å². The van der Waals surface area contributed by atoms with Crippen molar-refractivity contribution in [3.63, 3.8) is 0 Å². The van der Waals surface area contributed by atoms with E-state index in [1.54, 1.807) is 41.0 Å². The lowest BCUT2D eigenvalue weighted by molar-refractivity contribution is -0.137. The van der Waals surface area contributed by atoms with E-state index in [2.05, 4.69) is 0 Å². The van der Waals surface area contributed by atoms with Gasteiger partial charge in [0.1, 0.15) is 6.54 Å². The van der Waals surface area contributed by atoms with Crippen LogP contribution in [0.4, 0.5) is 0 Å². The summed E-state index contributed by atoms with van der Waals surface area (Å²) in [6.45, 7) is 1.58. The van der Waals surface area contributed by atoms with Gasteiger partial charge in [-0.3, -0.25) is 9.59 Å². The monoisotopic (exact) mass is 301 g/mol. The Hall–Kier alpha value is -2.33. The minimum absolute atomic E-state index is 0.135. The van der Waals surface area contributed by atoms with Gasteiger partial charge in [0.2, 0.25) is 0 Å². The number of carbonyl (C=O) groups is 1. The summed E-state index contributed by atoms with van der Waals surface area (Å²) in [5.41, 5.74) is 1.72. The molecule has 0 aliphatic heterocycles. The largest absolute Gasteiger partial charge is 0.480 e. The Labute approximate surface area is 125 Å². The molecule has 5 heteroatoms. The third kappa shape index (κ3) is 2.08. The fourth-order valence-corrected chi connectivity index (χ4v) is 2.85. The molecule has 4 nitrogen and oxygen atoms in total. The van der Waals surface area contributed by atoms with Crippen molar-refractivity contribution in [2.45, 2.75) is 13.5 Å². The molecule has 0 aliphatic carbocycles. The van der Waals surface area contributed by atoms with Gasteiger partial charge in [0.25, 0.3) is 0 Å². The van der Waals surface area contributed by atoms with Crippen LogP contribution in [0.15, 0.2) is 41.2 Å². The highest BCUT2D eigenvalue weighted by molar-refractivity contribution is 6.36. The number of halogens is 1. The van der Waals surface area contributed by atoms with Crippen LogP contribution in [0.1, 0.15) is 5.56 Å². The van der Waals surface area contributed by atoms with Crippen molar-refractivity contribution in [1.29, 1.82) is 0 Å². The first-order valence-corrected chi connectivity index (χ1v) is 6.80. The molecule has 0 fully saturated rings. The van der Waals surface area contributed by atoms with E-state index in [1.165, 1.54) is 0 Å². The molecule has 0 radical (unpaired) electrons. The zero-order chi connectivity index (χ0) is 15.1. The Kier molecular flexibility index (Phi) is 3.18. The predicted molar refractivity (Wildman–Crippen MR) is 83.1 cm³/mol. The average Bonchev–Trinajstić information content (AvgIpc) is 2.46. The van der Waals surface area contributed by atoms with Gasteiger partial charge < -0.3 is 9.67 Å². The van der Waals surface area contributed by atoms with Gasteiger partial charge >= 0.3 is 5.97 Å². The Bertz CT molecular complexity index is 944. The molecule has 21 heavy (non-hydrogen) atoms. The van der Waals surface area contributed by atoms with E-state index in [0.29, 0.717) is 26.8 Å². The van der Waals surface area contributed by atoms with Crippen molar-refractivity contribution < 1.29 is 9.90 Å². The maximum atomic E-state index is 12.6. The number of rotatable bonds is 2. The fraction of sp³-hybridized carbons (Fsp3) is 0.125. The van der Waals surface area contributed by atoms with Gasteiger partial charge in [-0.05, 0) is 30.7 Å². The van der Waals surface area contributed by atoms with Crippen molar-refractivity contribution in [1.82, 2.24) is 4.57 Å². The Morgan fingerprint density at radius 2 is 1.90 bits per heavy atom. The van der Waals surface area contributed by atoms with E-state index in [0.717, 1.165) is 5.56 Å². The minimum Gasteiger partial charge on any atom is -0.480 e. The summed E-state index contributed by atoms with van der Waals surface area (Å²) < 4.78 is 1.59. The fourth-order valence-electron chi connectivity index (χ4n) is 2.58.